The van der Waals surface area contributed by atoms with Gasteiger partial charge in [-0.3, -0.25) is 4.98 Å². The Hall–Kier alpha value is -3.06. The van der Waals surface area contributed by atoms with Crippen LogP contribution in [0, 0.1) is 0 Å². The Morgan fingerprint density at radius 1 is 1.11 bits per heavy atom. The van der Waals surface area contributed by atoms with Crippen LogP contribution < -0.4 is 15.2 Å². The van der Waals surface area contributed by atoms with Crippen molar-refractivity contribution < 1.29 is 14.3 Å². The Morgan fingerprint density at radius 2 is 2.00 bits per heavy atom. The van der Waals surface area contributed by atoms with E-state index in [1.54, 1.807) is 19.5 Å². The van der Waals surface area contributed by atoms with Crippen molar-refractivity contribution in [3.05, 3.63) is 88.2 Å². The molecule has 0 unspecified atom stereocenters. The summed E-state index contributed by atoms with van der Waals surface area (Å²) in [5, 5.41) is 4.01. The van der Waals surface area contributed by atoms with E-state index >= 15 is 0 Å². The van der Waals surface area contributed by atoms with Crippen LogP contribution in [0.15, 0.2) is 76.6 Å². The van der Waals surface area contributed by atoms with E-state index in [1.807, 2.05) is 54.6 Å². The van der Waals surface area contributed by atoms with Gasteiger partial charge in [-0.15, -0.1) is 0 Å². The Morgan fingerprint density at radius 3 is 2.79 bits per heavy atom. The first kappa shape index (κ1) is 19.7. The van der Waals surface area contributed by atoms with E-state index in [0.717, 1.165) is 21.3 Å². The van der Waals surface area contributed by atoms with Crippen molar-refractivity contribution in [2.24, 2.45) is 10.9 Å². The van der Waals surface area contributed by atoms with E-state index in [-0.39, 0.29) is 12.4 Å². The molecule has 3 aromatic rings. The molecule has 0 atom stereocenters. The van der Waals surface area contributed by atoms with E-state index in [9.17, 15) is 0 Å². The maximum atomic E-state index is 6.05. The highest BCUT2D eigenvalue weighted by Crippen LogP contribution is 2.23. The second kappa shape index (κ2) is 9.75. The van der Waals surface area contributed by atoms with Crippen LogP contribution >= 0.6 is 15.9 Å². The molecule has 0 aliphatic carbocycles. The van der Waals surface area contributed by atoms with Gasteiger partial charge in [0, 0.05) is 33.6 Å². The smallest absolute Gasteiger partial charge is 0.170 e. The van der Waals surface area contributed by atoms with Crippen LogP contribution in [0.1, 0.15) is 16.7 Å². The number of hydrogen-bond donors (Lipinski definition) is 1. The second-order valence-electron chi connectivity index (χ2n) is 5.88. The monoisotopic (exact) mass is 441 g/mol. The topological polar surface area (TPSA) is 79.0 Å². The van der Waals surface area contributed by atoms with Gasteiger partial charge in [-0.05, 0) is 36.4 Å². The number of methoxy groups -OCH3 is 1. The summed E-state index contributed by atoms with van der Waals surface area (Å²) < 4.78 is 12.0. The third-order valence-corrected chi connectivity index (χ3v) is 4.38. The van der Waals surface area contributed by atoms with Crippen molar-refractivity contribution in [1.82, 2.24) is 4.98 Å². The van der Waals surface area contributed by atoms with E-state index in [4.69, 9.17) is 20.0 Å². The fourth-order valence-electron chi connectivity index (χ4n) is 2.48. The maximum absolute atomic E-state index is 6.05. The summed E-state index contributed by atoms with van der Waals surface area (Å²) in [6.45, 7) is 0.661. The van der Waals surface area contributed by atoms with Gasteiger partial charge in [0.1, 0.15) is 24.7 Å². The molecule has 0 bridgehead atoms. The zero-order chi connectivity index (χ0) is 19.8. The molecular weight excluding hydrogens is 422 g/mol. The predicted octanol–water partition coefficient (Wildman–Crippen LogP) is 4.27. The average molecular weight is 442 g/mol. The fourth-order valence-corrected chi connectivity index (χ4v) is 2.89. The van der Waals surface area contributed by atoms with Crippen LogP contribution in [0.4, 0.5) is 0 Å². The van der Waals surface area contributed by atoms with Crippen LogP contribution in [0.5, 0.6) is 11.5 Å². The third kappa shape index (κ3) is 5.47. The Kier molecular flexibility index (Phi) is 6.86. The summed E-state index contributed by atoms with van der Waals surface area (Å²) in [7, 11) is 1.61. The first-order valence-corrected chi connectivity index (χ1v) is 9.35. The molecule has 3 rings (SSSR count). The highest BCUT2D eigenvalue weighted by molar-refractivity contribution is 9.10. The standard InChI is InChI=1S/C21H20BrN3O3/c1-26-20-8-7-18(22)10-17(20)14-28-25-21(23)16-5-2-6-19(11-16)27-13-15-4-3-9-24-12-15/h2-12H,13-14H2,1H3,(H2,23,25). The number of halogens is 1. The number of pyridine rings is 1. The number of rotatable bonds is 8. The molecule has 0 radical (unpaired) electrons. The molecule has 144 valence electrons. The first-order chi connectivity index (χ1) is 13.7. The van der Waals surface area contributed by atoms with Gasteiger partial charge in [-0.2, -0.15) is 0 Å². The summed E-state index contributed by atoms with van der Waals surface area (Å²) in [5.41, 5.74) is 8.62. The lowest BCUT2D eigenvalue weighted by Crippen LogP contribution is -2.14. The minimum atomic E-state index is 0.237. The summed E-state index contributed by atoms with van der Waals surface area (Å²) >= 11 is 3.43. The number of aromatic nitrogens is 1. The molecule has 6 nitrogen and oxygen atoms in total. The van der Waals surface area contributed by atoms with Crippen LogP contribution in [-0.4, -0.2) is 17.9 Å². The zero-order valence-electron chi connectivity index (χ0n) is 15.3. The van der Waals surface area contributed by atoms with E-state index in [2.05, 4.69) is 26.1 Å². The molecule has 2 N–H and O–H groups in total. The molecule has 0 spiro atoms. The molecular formula is C21H20BrN3O3. The molecule has 0 amide bonds. The minimum Gasteiger partial charge on any atom is -0.496 e. The molecule has 0 fully saturated rings. The van der Waals surface area contributed by atoms with E-state index in [1.165, 1.54) is 0 Å². The number of oxime groups is 1. The van der Waals surface area contributed by atoms with Gasteiger partial charge >= 0.3 is 0 Å². The number of nitrogens with zero attached hydrogens (tertiary/aromatic N) is 2. The summed E-state index contributed by atoms with van der Waals surface area (Å²) in [5.74, 6) is 1.68. The molecule has 7 heteroatoms. The van der Waals surface area contributed by atoms with Crippen LogP contribution in [0.2, 0.25) is 0 Å². The molecule has 1 heterocycles. The van der Waals surface area contributed by atoms with Gasteiger partial charge in [0.15, 0.2) is 5.84 Å². The largest absolute Gasteiger partial charge is 0.496 e. The normalized spacial score (nSPS) is 11.1. The highest BCUT2D eigenvalue weighted by atomic mass is 79.9. The van der Waals surface area contributed by atoms with Crippen molar-refractivity contribution in [3.63, 3.8) is 0 Å². The highest BCUT2D eigenvalue weighted by Gasteiger charge is 2.06. The van der Waals surface area contributed by atoms with Crippen molar-refractivity contribution in [2.45, 2.75) is 13.2 Å². The molecule has 0 saturated carbocycles. The first-order valence-electron chi connectivity index (χ1n) is 8.55. The number of amidine groups is 1. The van der Waals surface area contributed by atoms with Crippen LogP contribution in [0.3, 0.4) is 0 Å². The van der Waals surface area contributed by atoms with Gasteiger partial charge in [0.05, 0.1) is 7.11 Å². The minimum absolute atomic E-state index is 0.237. The van der Waals surface area contributed by atoms with Crippen molar-refractivity contribution in [3.8, 4) is 11.5 Å². The Labute approximate surface area is 172 Å². The molecule has 0 aliphatic rings. The molecule has 2 aromatic carbocycles. The van der Waals surface area contributed by atoms with Gasteiger partial charge in [-0.25, -0.2) is 0 Å². The van der Waals surface area contributed by atoms with Crippen LogP contribution in [0.25, 0.3) is 0 Å². The van der Waals surface area contributed by atoms with Gasteiger partial charge in [0.2, 0.25) is 0 Å². The summed E-state index contributed by atoms with van der Waals surface area (Å²) in [6, 6.07) is 16.9. The summed E-state index contributed by atoms with van der Waals surface area (Å²) in [6.07, 6.45) is 3.49. The Bertz CT molecular complexity index is 949. The quantitative estimate of drug-likeness (QED) is 0.320. The Balaban J connectivity index is 1.62. The fraction of sp³-hybridized carbons (Fsp3) is 0.143. The molecule has 28 heavy (non-hydrogen) atoms. The number of benzene rings is 2. The van der Waals surface area contributed by atoms with Gasteiger partial charge < -0.3 is 20.0 Å². The van der Waals surface area contributed by atoms with Crippen LogP contribution in [-0.2, 0) is 18.1 Å². The SMILES string of the molecule is COc1ccc(Br)cc1CO/N=C(/N)c1cccc(OCc2cccnc2)c1. The predicted molar refractivity (Wildman–Crippen MR) is 111 cm³/mol. The van der Waals surface area contributed by atoms with Crippen molar-refractivity contribution >= 4 is 21.8 Å². The zero-order valence-corrected chi connectivity index (χ0v) is 16.9. The number of nitrogens with two attached hydrogens (primary N) is 1. The van der Waals surface area contributed by atoms with E-state index in [0.29, 0.717) is 17.9 Å². The third-order valence-electron chi connectivity index (χ3n) is 3.88. The average Bonchev–Trinajstić information content (AvgIpc) is 2.73. The van der Waals surface area contributed by atoms with Crippen molar-refractivity contribution in [1.29, 1.82) is 0 Å². The maximum Gasteiger partial charge on any atom is 0.170 e. The lowest BCUT2D eigenvalue weighted by molar-refractivity contribution is 0.128. The second-order valence-corrected chi connectivity index (χ2v) is 6.80. The number of hydrogen-bond acceptors (Lipinski definition) is 5. The van der Waals surface area contributed by atoms with E-state index < -0.39 is 0 Å². The van der Waals surface area contributed by atoms with Gasteiger partial charge in [0.25, 0.3) is 0 Å². The lowest BCUT2D eigenvalue weighted by atomic mass is 10.2. The number of ether oxygens (including phenoxy) is 2. The van der Waals surface area contributed by atoms with Gasteiger partial charge in [-0.1, -0.05) is 39.3 Å². The lowest BCUT2D eigenvalue weighted by Gasteiger charge is -2.09. The molecule has 0 aliphatic heterocycles. The molecule has 0 saturated heterocycles. The summed E-state index contributed by atoms with van der Waals surface area (Å²) in [4.78, 5) is 9.49. The van der Waals surface area contributed by atoms with Crippen molar-refractivity contribution in [2.75, 3.05) is 7.11 Å². The molecule has 1 aromatic heterocycles.